The van der Waals surface area contributed by atoms with Gasteiger partial charge in [0.15, 0.2) is 0 Å². The van der Waals surface area contributed by atoms with E-state index in [1.54, 1.807) is 12.1 Å². The predicted octanol–water partition coefficient (Wildman–Crippen LogP) is 3.35. The molecule has 0 spiro atoms. The van der Waals surface area contributed by atoms with E-state index in [2.05, 4.69) is 12.2 Å². The molecule has 1 aliphatic heterocycles. The number of carbonyl (C=O) groups excluding carboxylic acids is 2. The van der Waals surface area contributed by atoms with Crippen LogP contribution in [0.5, 0.6) is 0 Å². The van der Waals surface area contributed by atoms with Crippen LogP contribution in [0.3, 0.4) is 0 Å². The summed E-state index contributed by atoms with van der Waals surface area (Å²) in [5, 5.41) is 0.548. The number of anilines is 1. The average Bonchev–Trinajstić information content (AvgIpc) is 2.77. The molecule has 1 aromatic carbocycles. The highest BCUT2D eigenvalue weighted by Crippen LogP contribution is 2.50. The quantitative estimate of drug-likeness (QED) is 0.589. The van der Waals surface area contributed by atoms with Crippen LogP contribution in [0.15, 0.2) is 30.4 Å². The number of allylic oxidation sites excluding steroid dienone is 2. The maximum atomic E-state index is 12.8. The van der Waals surface area contributed by atoms with Crippen molar-refractivity contribution < 1.29 is 9.59 Å². The number of imide groups is 1. The first-order chi connectivity index (χ1) is 10.1. The minimum Gasteiger partial charge on any atom is -0.274 e. The highest BCUT2D eigenvalue weighted by Gasteiger charge is 2.57. The number of fused-ring (bicyclic) bond motifs is 1. The van der Waals surface area contributed by atoms with E-state index in [9.17, 15) is 9.59 Å². The lowest BCUT2D eigenvalue weighted by Crippen LogP contribution is -2.38. The minimum absolute atomic E-state index is 0.0468. The Hall–Kier alpha value is -1.61. The van der Waals surface area contributed by atoms with Crippen molar-refractivity contribution in [2.75, 3.05) is 4.90 Å². The lowest BCUT2D eigenvalue weighted by molar-refractivity contribution is -0.124. The molecule has 4 aliphatic rings. The van der Waals surface area contributed by atoms with E-state index in [1.165, 1.54) is 4.90 Å². The first kappa shape index (κ1) is 13.1. The van der Waals surface area contributed by atoms with Gasteiger partial charge in [0.05, 0.1) is 17.5 Å². The number of halogens is 1. The highest BCUT2D eigenvalue weighted by molar-refractivity contribution is 6.31. The maximum absolute atomic E-state index is 12.8. The summed E-state index contributed by atoms with van der Waals surface area (Å²) in [6, 6.07) is 5.36. The third-order valence-electron chi connectivity index (χ3n) is 5.17. The Balaban J connectivity index is 1.80. The van der Waals surface area contributed by atoms with E-state index in [4.69, 9.17) is 11.6 Å². The van der Waals surface area contributed by atoms with Gasteiger partial charge in [-0.1, -0.05) is 29.8 Å². The molecule has 0 N–H and O–H groups in total. The highest BCUT2D eigenvalue weighted by atomic mass is 35.5. The van der Waals surface area contributed by atoms with Gasteiger partial charge in [0, 0.05) is 5.02 Å². The summed E-state index contributed by atoms with van der Waals surface area (Å²) in [5.41, 5.74) is 1.55. The van der Waals surface area contributed by atoms with Gasteiger partial charge in [-0.25, -0.2) is 4.90 Å². The van der Waals surface area contributed by atoms with Crippen molar-refractivity contribution >= 4 is 29.1 Å². The van der Waals surface area contributed by atoms with Crippen LogP contribution in [0.1, 0.15) is 18.4 Å². The van der Waals surface area contributed by atoms with Crippen molar-refractivity contribution in [3.63, 3.8) is 0 Å². The summed E-state index contributed by atoms with van der Waals surface area (Å²) in [6.07, 6.45) is 6.30. The van der Waals surface area contributed by atoms with E-state index in [1.807, 2.05) is 13.0 Å². The third-order valence-corrected chi connectivity index (χ3v) is 5.41. The first-order valence-corrected chi connectivity index (χ1v) is 7.78. The fourth-order valence-electron chi connectivity index (χ4n) is 4.14. The summed E-state index contributed by atoms with van der Waals surface area (Å²) >= 11 is 6.05. The maximum Gasteiger partial charge on any atom is 0.238 e. The zero-order valence-corrected chi connectivity index (χ0v) is 12.5. The van der Waals surface area contributed by atoms with Gasteiger partial charge in [0.2, 0.25) is 11.8 Å². The molecule has 108 valence electrons. The van der Waals surface area contributed by atoms with Crippen molar-refractivity contribution in [3.05, 3.63) is 40.9 Å². The number of aryl methyl sites for hydroxylation is 1. The van der Waals surface area contributed by atoms with Gasteiger partial charge < -0.3 is 0 Å². The van der Waals surface area contributed by atoms with Gasteiger partial charge in [0.25, 0.3) is 0 Å². The number of amides is 2. The molecule has 3 nitrogen and oxygen atoms in total. The van der Waals surface area contributed by atoms with Gasteiger partial charge in [0.1, 0.15) is 0 Å². The Kier molecular flexibility index (Phi) is 2.77. The van der Waals surface area contributed by atoms with Gasteiger partial charge in [-0.3, -0.25) is 9.59 Å². The molecule has 2 fully saturated rings. The van der Waals surface area contributed by atoms with Crippen molar-refractivity contribution in [3.8, 4) is 0 Å². The van der Waals surface area contributed by atoms with E-state index in [0.29, 0.717) is 10.7 Å². The van der Waals surface area contributed by atoms with Crippen LogP contribution < -0.4 is 4.90 Å². The Morgan fingerprint density at radius 2 is 1.62 bits per heavy atom. The minimum atomic E-state index is -0.167. The van der Waals surface area contributed by atoms with Crippen molar-refractivity contribution in [1.82, 2.24) is 0 Å². The first-order valence-electron chi connectivity index (χ1n) is 7.40. The molecule has 4 atom stereocenters. The van der Waals surface area contributed by atoms with Crippen molar-refractivity contribution in [2.24, 2.45) is 23.7 Å². The number of rotatable bonds is 1. The zero-order valence-electron chi connectivity index (χ0n) is 11.8. The van der Waals surface area contributed by atoms with E-state index in [-0.39, 0.29) is 35.5 Å². The molecule has 1 saturated heterocycles. The molecule has 2 bridgehead atoms. The van der Waals surface area contributed by atoms with Crippen molar-refractivity contribution in [2.45, 2.75) is 19.8 Å². The largest absolute Gasteiger partial charge is 0.274 e. The van der Waals surface area contributed by atoms with Crippen LogP contribution in [-0.2, 0) is 9.59 Å². The van der Waals surface area contributed by atoms with E-state index < -0.39 is 0 Å². The molecule has 0 aromatic heterocycles. The normalized spacial score (nSPS) is 33.7. The zero-order chi connectivity index (χ0) is 14.7. The SMILES string of the molecule is Cc1ccc(Cl)cc1N1C(=O)[C@@H]2[C@H](C1=O)[C@@H]1C=C[C@@H]2CC1. The van der Waals surface area contributed by atoms with Gasteiger partial charge in [-0.05, 0) is 49.3 Å². The summed E-state index contributed by atoms with van der Waals surface area (Å²) < 4.78 is 0. The van der Waals surface area contributed by atoms with Crippen LogP contribution in [0.2, 0.25) is 5.02 Å². The standard InChI is InChI=1S/C17H16ClNO2/c1-9-2-7-12(18)8-13(9)19-16(20)14-10-3-4-11(6-5-10)15(14)17(19)21/h2-4,7-8,10-11,14-15H,5-6H2,1H3/t10-,11-,14-,15+/m1/s1. The molecule has 3 aliphatic carbocycles. The van der Waals surface area contributed by atoms with Crippen LogP contribution in [0.4, 0.5) is 5.69 Å². The molecule has 4 heteroatoms. The number of hydrogen-bond acceptors (Lipinski definition) is 2. The molecule has 5 rings (SSSR count). The Morgan fingerprint density at radius 1 is 1.05 bits per heavy atom. The summed E-state index contributed by atoms with van der Waals surface area (Å²) in [4.78, 5) is 27.0. The smallest absolute Gasteiger partial charge is 0.238 e. The van der Waals surface area contributed by atoms with Crippen LogP contribution in [-0.4, -0.2) is 11.8 Å². The van der Waals surface area contributed by atoms with E-state index in [0.717, 1.165) is 18.4 Å². The fourth-order valence-corrected chi connectivity index (χ4v) is 4.30. The van der Waals surface area contributed by atoms with Gasteiger partial charge in [-0.15, -0.1) is 0 Å². The number of hydrogen-bond donors (Lipinski definition) is 0. The van der Waals surface area contributed by atoms with Gasteiger partial charge >= 0.3 is 0 Å². The lowest BCUT2D eigenvalue weighted by Gasteiger charge is -2.38. The Morgan fingerprint density at radius 3 is 2.14 bits per heavy atom. The lowest BCUT2D eigenvalue weighted by atomic mass is 9.63. The summed E-state index contributed by atoms with van der Waals surface area (Å²) in [7, 11) is 0. The second kappa shape index (κ2) is 4.44. The van der Waals surface area contributed by atoms with Crippen molar-refractivity contribution in [1.29, 1.82) is 0 Å². The van der Waals surface area contributed by atoms with Crippen LogP contribution >= 0.6 is 11.6 Å². The number of carbonyl (C=O) groups is 2. The molecule has 0 radical (unpaired) electrons. The Bertz CT molecular complexity index is 649. The second-order valence-corrected chi connectivity index (χ2v) is 6.72. The molecule has 1 heterocycles. The number of nitrogens with zero attached hydrogens (tertiary/aromatic N) is 1. The van der Waals surface area contributed by atoms with Gasteiger partial charge in [-0.2, -0.15) is 0 Å². The van der Waals surface area contributed by atoms with Crippen LogP contribution in [0.25, 0.3) is 0 Å². The molecule has 0 unspecified atom stereocenters. The molecule has 2 amide bonds. The topological polar surface area (TPSA) is 37.4 Å². The monoisotopic (exact) mass is 301 g/mol. The summed E-state index contributed by atoms with van der Waals surface area (Å²) in [5.74, 6) is 0.0185. The fraction of sp³-hybridized carbons (Fsp3) is 0.412. The second-order valence-electron chi connectivity index (χ2n) is 6.28. The van der Waals surface area contributed by atoms with E-state index >= 15 is 0 Å². The molecular weight excluding hydrogens is 286 g/mol. The molecule has 21 heavy (non-hydrogen) atoms. The predicted molar refractivity (Wildman–Crippen MR) is 81.0 cm³/mol. The average molecular weight is 302 g/mol. The molecular formula is C17H16ClNO2. The molecule has 1 aromatic rings. The third kappa shape index (κ3) is 1.73. The Labute approximate surface area is 128 Å². The molecule has 1 saturated carbocycles. The summed E-state index contributed by atoms with van der Waals surface area (Å²) in [6.45, 7) is 1.90. The number of benzene rings is 1. The van der Waals surface area contributed by atoms with Crippen LogP contribution in [0, 0.1) is 30.6 Å².